The lowest BCUT2D eigenvalue weighted by Gasteiger charge is -2.11. The Morgan fingerprint density at radius 2 is 1.91 bits per heavy atom. The Morgan fingerprint density at radius 1 is 1.15 bits per heavy atom. The quantitative estimate of drug-likeness (QED) is 0.521. The van der Waals surface area contributed by atoms with Crippen LogP contribution in [0.1, 0.15) is 44.8 Å². The number of amides is 1. The number of methoxy groups -OCH3 is 1. The molecule has 2 aromatic heterocycles. The first-order chi connectivity index (χ1) is 15.7. The number of thiophene rings is 1. The molecule has 1 aliphatic carbocycles. The molecule has 11 heteroatoms. The summed E-state index contributed by atoms with van der Waals surface area (Å²) in [6.45, 7) is 3.87. The van der Waals surface area contributed by atoms with Crippen LogP contribution in [0.2, 0.25) is 0 Å². The number of esters is 1. The maximum atomic E-state index is 12.7. The highest BCUT2D eigenvalue weighted by molar-refractivity contribution is 7.91. The molecule has 1 aliphatic rings. The number of sulfone groups is 1. The highest BCUT2D eigenvalue weighted by Gasteiger charge is 2.30. The zero-order valence-corrected chi connectivity index (χ0v) is 20.1. The van der Waals surface area contributed by atoms with E-state index in [4.69, 9.17) is 9.15 Å². The standard InChI is InChI=1S/C22H23N3O6S2/c1-12-8-9-14(10-13(12)2)19-24-25-22(31-19)33(28,29)11-17(26)23-20-18(21(27)30-3)15-6-4-5-7-16(15)32-20/h8-10H,4-7,11H2,1-3H3,(H,23,26). The van der Waals surface area contributed by atoms with Crippen molar-refractivity contribution in [2.45, 2.75) is 44.8 Å². The third kappa shape index (κ3) is 4.69. The van der Waals surface area contributed by atoms with Gasteiger partial charge in [0, 0.05) is 10.4 Å². The number of carbonyl (C=O) groups is 2. The van der Waals surface area contributed by atoms with Gasteiger partial charge >= 0.3 is 11.2 Å². The largest absolute Gasteiger partial charge is 0.465 e. The predicted molar refractivity (Wildman–Crippen MR) is 122 cm³/mol. The summed E-state index contributed by atoms with van der Waals surface area (Å²) >= 11 is 1.28. The fourth-order valence-electron chi connectivity index (χ4n) is 3.70. The third-order valence-electron chi connectivity index (χ3n) is 5.56. The van der Waals surface area contributed by atoms with E-state index in [1.165, 1.54) is 18.4 Å². The SMILES string of the molecule is COC(=O)c1c(NC(=O)CS(=O)(=O)c2nnc(-c3ccc(C)c(C)c3)o2)sc2c1CCCC2. The van der Waals surface area contributed by atoms with Crippen molar-refractivity contribution >= 4 is 38.1 Å². The molecule has 4 rings (SSSR count). The molecule has 0 unspecified atom stereocenters. The van der Waals surface area contributed by atoms with Gasteiger partial charge < -0.3 is 14.5 Å². The van der Waals surface area contributed by atoms with Gasteiger partial charge in [0.25, 0.3) is 0 Å². The second kappa shape index (κ2) is 9.06. The molecule has 2 heterocycles. The number of carbonyl (C=O) groups excluding carboxylic acids is 2. The van der Waals surface area contributed by atoms with Crippen molar-refractivity contribution in [1.29, 1.82) is 0 Å². The molecule has 0 fully saturated rings. The van der Waals surface area contributed by atoms with Crippen LogP contribution in [0.5, 0.6) is 0 Å². The highest BCUT2D eigenvalue weighted by Crippen LogP contribution is 2.38. The molecule has 0 saturated heterocycles. The summed E-state index contributed by atoms with van der Waals surface area (Å²) < 4.78 is 35.7. The van der Waals surface area contributed by atoms with Gasteiger partial charge in [-0.2, -0.15) is 0 Å². The lowest BCUT2D eigenvalue weighted by atomic mass is 9.95. The molecular weight excluding hydrogens is 466 g/mol. The average molecular weight is 490 g/mol. The van der Waals surface area contributed by atoms with Crippen molar-refractivity contribution in [2.75, 3.05) is 18.2 Å². The maximum absolute atomic E-state index is 12.7. The van der Waals surface area contributed by atoms with Crippen molar-refractivity contribution < 1.29 is 27.2 Å². The van der Waals surface area contributed by atoms with Crippen molar-refractivity contribution in [2.24, 2.45) is 0 Å². The van der Waals surface area contributed by atoms with E-state index < -0.39 is 32.7 Å². The van der Waals surface area contributed by atoms with Gasteiger partial charge in [0.05, 0.1) is 12.7 Å². The molecular formula is C22H23N3O6S2. The van der Waals surface area contributed by atoms with Crippen LogP contribution in [0, 0.1) is 13.8 Å². The van der Waals surface area contributed by atoms with Crippen LogP contribution in [0.4, 0.5) is 5.00 Å². The molecule has 0 radical (unpaired) electrons. The van der Waals surface area contributed by atoms with E-state index in [9.17, 15) is 18.0 Å². The van der Waals surface area contributed by atoms with Crippen LogP contribution in [-0.2, 0) is 32.2 Å². The second-order valence-corrected chi connectivity index (χ2v) is 10.9. The minimum Gasteiger partial charge on any atom is -0.465 e. The number of aryl methyl sites for hydroxylation is 3. The molecule has 1 amide bonds. The van der Waals surface area contributed by atoms with E-state index in [1.54, 1.807) is 6.07 Å². The zero-order valence-electron chi connectivity index (χ0n) is 18.4. The van der Waals surface area contributed by atoms with Gasteiger partial charge in [0.1, 0.15) is 10.8 Å². The Hall–Kier alpha value is -3.05. The maximum Gasteiger partial charge on any atom is 0.341 e. The fourth-order valence-corrected chi connectivity index (χ4v) is 5.90. The Balaban J connectivity index is 1.53. The van der Waals surface area contributed by atoms with Crippen LogP contribution in [0.15, 0.2) is 27.8 Å². The normalized spacial score (nSPS) is 13.4. The van der Waals surface area contributed by atoms with Crippen molar-refractivity contribution in [3.05, 3.63) is 45.3 Å². The summed E-state index contributed by atoms with van der Waals surface area (Å²) in [5, 5.41) is 9.69. The lowest BCUT2D eigenvalue weighted by molar-refractivity contribution is -0.113. The van der Waals surface area contributed by atoms with E-state index in [0.29, 0.717) is 22.5 Å². The number of hydrogen-bond acceptors (Lipinski definition) is 9. The van der Waals surface area contributed by atoms with Gasteiger partial charge in [0.2, 0.25) is 21.6 Å². The average Bonchev–Trinajstić information content (AvgIpc) is 3.40. The molecule has 0 aliphatic heterocycles. The topological polar surface area (TPSA) is 128 Å². The molecule has 0 saturated carbocycles. The molecule has 174 valence electrons. The second-order valence-electron chi connectivity index (χ2n) is 7.89. The number of aromatic nitrogens is 2. The molecule has 0 bridgehead atoms. The monoisotopic (exact) mass is 489 g/mol. The van der Waals surface area contributed by atoms with E-state index >= 15 is 0 Å². The smallest absolute Gasteiger partial charge is 0.341 e. The predicted octanol–water partition coefficient (Wildman–Crippen LogP) is 3.49. The molecule has 33 heavy (non-hydrogen) atoms. The van der Waals surface area contributed by atoms with Gasteiger partial charge in [0.15, 0.2) is 0 Å². The summed E-state index contributed by atoms with van der Waals surface area (Å²) in [6.07, 6.45) is 3.46. The van der Waals surface area contributed by atoms with Crippen LogP contribution in [-0.4, -0.2) is 43.4 Å². The van der Waals surface area contributed by atoms with Gasteiger partial charge in [-0.25, -0.2) is 13.2 Å². The number of rotatable bonds is 6. The van der Waals surface area contributed by atoms with Crippen LogP contribution >= 0.6 is 11.3 Å². The van der Waals surface area contributed by atoms with Gasteiger partial charge in [-0.3, -0.25) is 4.79 Å². The summed E-state index contributed by atoms with van der Waals surface area (Å²) in [7, 11) is -2.92. The first kappa shape index (κ1) is 23.1. The molecule has 3 aromatic rings. The number of hydrogen-bond donors (Lipinski definition) is 1. The first-order valence-corrected chi connectivity index (χ1v) is 12.8. The van der Waals surface area contributed by atoms with E-state index in [2.05, 4.69) is 15.5 Å². The molecule has 0 spiro atoms. The molecule has 1 N–H and O–H groups in total. The van der Waals surface area contributed by atoms with Crippen LogP contribution in [0.3, 0.4) is 0 Å². The Labute approximate surface area is 195 Å². The van der Waals surface area contributed by atoms with Gasteiger partial charge in [-0.1, -0.05) is 11.2 Å². The Kier molecular flexibility index (Phi) is 6.35. The summed E-state index contributed by atoms with van der Waals surface area (Å²) in [4.78, 5) is 25.9. The number of benzene rings is 1. The minimum absolute atomic E-state index is 0.0518. The number of nitrogens with one attached hydrogen (secondary N) is 1. The fraction of sp³-hybridized carbons (Fsp3) is 0.364. The highest BCUT2D eigenvalue weighted by atomic mass is 32.2. The third-order valence-corrected chi connectivity index (χ3v) is 8.11. The van der Waals surface area contributed by atoms with E-state index in [0.717, 1.165) is 40.8 Å². The molecule has 9 nitrogen and oxygen atoms in total. The van der Waals surface area contributed by atoms with Crippen molar-refractivity contribution in [3.63, 3.8) is 0 Å². The molecule has 1 aromatic carbocycles. The summed E-state index contributed by atoms with van der Waals surface area (Å²) in [6, 6.07) is 5.45. The van der Waals surface area contributed by atoms with Gasteiger partial charge in [-0.15, -0.1) is 16.4 Å². The van der Waals surface area contributed by atoms with Crippen LogP contribution in [0.25, 0.3) is 11.5 Å². The number of anilines is 1. The van der Waals surface area contributed by atoms with Gasteiger partial charge in [-0.05, 0) is 68.4 Å². The van der Waals surface area contributed by atoms with E-state index in [1.807, 2.05) is 26.0 Å². The number of nitrogens with zero attached hydrogens (tertiary/aromatic N) is 2. The number of fused-ring (bicyclic) bond motifs is 1. The van der Waals surface area contributed by atoms with E-state index in [-0.39, 0.29) is 5.89 Å². The molecule has 0 atom stereocenters. The lowest BCUT2D eigenvalue weighted by Crippen LogP contribution is -2.24. The summed E-state index contributed by atoms with van der Waals surface area (Å²) in [5.74, 6) is -2.20. The van der Waals surface area contributed by atoms with Crippen LogP contribution < -0.4 is 5.32 Å². The minimum atomic E-state index is -4.19. The Bertz CT molecular complexity index is 1340. The van der Waals surface area contributed by atoms with Crippen molar-refractivity contribution in [1.82, 2.24) is 10.2 Å². The van der Waals surface area contributed by atoms with Crippen molar-refractivity contribution in [3.8, 4) is 11.5 Å². The zero-order chi connectivity index (χ0) is 23.8. The first-order valence-electron chi connectivity index (χ1n) is 10.4. The number of ether oxygens (including phenoxy) is 1. The Morgan fingerprint density at radius 3 is 2.64 bits per heavy atom. The summed E-state index contributed by atoms with van der Waals surface area (Å²) in [5.41, 5.74) is 3.83.